The molecule has 22 heavy (non-hydrogen) atoms. The number of likely N-dealkylation sites (tertiary alicyclic amines) is 1. The van der Waals surface area contributed by atoms with E-state index in [9.17, 15) is 4.79 Å². The third kappa shape index (κ3) is 2.87. The van der Waals surface area contributed by atoms with Crippen LogP contribution in [-0.2, 0) is 0 Å². The van der Waals surface area contributed by atoms with Crippen molar-refractivity contribution in [2.45, 2.75) is 25.8 Å². The summed E-state index contributed by atoms with van der Waals surface area (Å²) in [5.74, 6) is 1.04. The Balaban J connectivity index is 1.79. The van der Waals surface area contributed by atoms with Crippen molar-refractivity contribution >= 4 is 5.91 Å². The van der Waals surface area contributed by atoms with Gasteiger partial charge in [-0.1, -0.05) is 12.1 Å². The summed E-state index contributed by atoms with van der Waals surface area (Å²) in [6, 6.07) is 5.43. The molecule has 1 aliphatic heterocycles. The molecule has 116 valence electrons. The second-order valence-electron chi connectivity index (χ2n) is 5.84. The van der Waals surface area contributed by atoms with E-state index < -0.39 is 0 Å². The van der Waals surface area contributed by atoms with Crippen molar-refractivity contribution in [2.24, 2.45) is 11.7 Å². The highest BCUT2D eigenvalue weighted by Crippen LogP contribution is 2.25. The molecule has 0 saturated carbocycles. The van der Waals surface area contributed by atoms with Gasteiger partial charge in [0.2, 0.25) is 0 Å². The summed E-state index contributed by atoms with van der Waals surface area (Å²) in [4.78, 5) is 18.5. The third-order valence-electron chi connectivity index (χ3n) is 4.19. The Morgan fingerprint density at radius 1 is 1.55 bits per heavy atom. The Bertz CT molecular complexity index is 641. The predicted molar refractivity (Wildman–Crippen MR) is 82.0 cm³/mol. The van der Waals surface area contributed by atoms with E-state index in [-0.39, 0.29) is 11.9 Å². The number of hydrogen-bond acceptors (Lipinski definition) is 5. The lowest BCUT2D eigenvalue weighted by atomic mass is 9.92. The molecule has 1 amide bonds. The first kappa shape index (κ1) is 14.7. The molecule has 1 saturated heterocycles. The highest BCUT2D eigenvalue weighted by atomic mass is 16.5. The predicted octanol–water partition coefficient (Wildman–Crippen LogP) is 1.94. The molecule has 0 bridgehead atoms. The van der Waals surface area contributed by atoms with E-state index in [4.69, 9.17) is 10.3 Å². The van der Waals surface area contributed by atoms with Gasteiger partial charge in [0.05, 0.1) is 0 Å². The molecule has 0 aliphatic carbocycles. The molecule has 2 unspecified atom stereocenters. The van der Waals surface area contributed by atoms with E-state index in [0.29, 0.717) is 23.9 Å². The second kappa shape index (κ2) is 6.27. The molecule has 6 heteroatoms. The molecular formula is C16H20N4O2. The van der Waals surface area contributed by atoms with Crippen molar-refractivity contribution in [3.05, 3.63) is 36.3 Å². The number of rotatable bonds is 3. The molecule has 2 atom stereocenters. The number of nitrogens with zero attached hydrogens (tertiary/aromatic N) is 3. The fraction of sp³-hybridized carbons (Fsp3) is 0.438. The van der Waals surface area contributed by atoms with Crippen LogP contribution in [0.2, 0.25) is 0 Å². The normalized spacial score (nSPS) is 21.8. The van der Waals surface area contributed by atoms with E-state index in [1.165, 1.54) is 0 Å². The van der Waals surface area contributed by atoms with Crippen LogP contribution in [0.1, 0.15) is 30.3 Å². The van der Waals surface area contributed by atoms with Gasteiger partial charge in [-0.15, -0.1) is 0 Å². The molecule has 2 aromatic rings. The summed E-state index contributed by atoms with van der Waals surface area (Å²) in [5, 5.41) is 3.92. The summed E-state index contributed by atoms with van der Waals surface area (Å²) >= 11 is 0. The minimum Gasteiger partial charge on any atom is -0.355 e. The number of amides is 1. The average molecular weight is 300 g/mol. The van der Waals surface area contributed by atoms with Gasteiger partial charge in [-0.2, -0.15) is 0 Å². The molecule has 2 N–H and O–H groups in total. The molecule has 0 spiro atoms. The van der Waals surface area contributed by atoms with Gasteiger partial charge < -0.3 is 15.2 Å². The molecular weight excluding hydrogens is 280 g/mol. The molecule has 1 fully saturated rings. The maximum atomic E-state index is 12.7. The number of aromatic nitrogens is 2. The van der Waals surface area contributed by atoms with Crippen molar-refractivity contribution in [1.82, 2.24) is 15.0 Å². The monoisotopic (exact) mass is 300 g/mol. The zero-order valence-electron chi connectivity index (χ0n) is 12.6. The Hall–Kier alpha value is -2.21. The number of pyridine rings is 1. The van der Waals surface area contributed by atoms with Crippen molar-refractivity contribution in [3.63, 3.8) is 0 Å². The molecule has 0 aromatic carbocycles. The highest BCUT2D eigenvalue weighted by molar-refractivity contribution is 5.93. The van der Waals surface area contributed by atoms with Crippen LogP contribution >= 0.6 is 0 Å². The van der Waals surface area contributed by atoms with Gasteiger partial charge in [0.15, 0.2) is 11.5 Å². The molecule has 6 nitrogen and oxygen atoms in total. The summed E-state index contributed by atoms with van der Waals surface area (Å²) in [6.07, 6.45) is 5.30. The second-order valence-corrected chi connectivity index (χ2v) is 5.84. The summed E-state index contributed by atoms with van der Waals surface area (Å²) in [6.45, 7) is 3.39. The zero-order valence-corrected chi connectivity index (χ0v) is 12.6. The van der Waals surface area contributed by atoms with E-state index in [2.05, 4.69) is 17.1 Å². The topological polar surface area (TPSA) is 85.2 Å². The van der Waals surface area contributed by atoms with Crippen LogP contribution in [0.4, 0.5) is 0 Å². The van der Waals surface area contributed by atoms with Crippen molar-refractivity contribution in [3.8, 4) is 11.3 Å². The van der Waals surface area contributed by atoms with Crippen LogP contribution in [0, 0.1) is 5.92 Å². The van der Waals surface area contributed by atoms with Crippen molar-refractivity contribution in [1.29, 1.82) is 0 Å². The first-order chi connectivity index (χ1) is 10.7. The Morgan fingerprint density at radius 2 is 2.41 bits per heavy atom. The number of carbonyl (C=O) groups excluding carboxylic acids is 1. The van der Waals surface area contributed by atoms with Gasteiger partial charge in [-0.25, -0.2) is 0 Å². The summed E-state index contributed by atoms with van der Waals surface area (Å²) in [5.41, 5.74) is 6.95. The lowest BCUT2D eigenvalue weighted by Gasteiger charge is -2.37. The number of carbonyl (C=O) groups is 1. The van der Waals surface area contributed by atoms with Crippen LogP contribution in [0.5, 0.6) is 0 Å². The molecule has 1 aliphatic rings. The largest absolute Gasteiger partial charge is 0.355 e. The fourth-order valence-corrected chi connectivity index (χ4v) is 2.91. The third-order valence-corrected chi connectivity index (χ3v) is 4.19. The van der Waals surface area contributed by atoms with Crippen LogP contribution in [-0.4, -0.2) is 40.1 Å². The first-order valence-electron chi connectivity index (χ1n) is 7.57. The zero-order chi connectivity index (χ0) is 15.5. The molecule has 3 rings (SSSR count). The van der Waals surface area contributed by atoms with Gasteiger partial charge in [-0.05, 0) is 30.9 Å². The summed E-state index contributed by atoms with van der Waals surface area (Å²) < 4.78 is 5.28. The van der Waals surface area contributed by atoms with Crippen molar-refractivity contribution < 1.29 is 9.32 Å². The summed E-state index contributed by atoms with van der Waals surface area (Å²) in [7, 11) is 0. The maximum absolute atomic E-state index is 12.7. The minimum atomic E-state index is -0.110. The van der Waals surface area contributed by atoms with Gasteiger partial charge in [0.25, 0.3) is 5.91 Å². The van der Waals surface area contributed by atoms with Crippen LogP contribution in [0.15, 0.2) is 35.1 Å². The highest BCUT2D eigenvalue weighted by Gasteiger charge is 2.31. The van der Waals surface area contributed by atoms with Crippen LogP contribution in [0.25, 0.3) is 11.3 Å². The SMILES string of the molecule is CC1CCN(C(=O)c2cc(-c3cccnc3)on2)C(CN)C1. The van der Waals surface area contributed by atoms with E-state index in [1.54, 1.807) is 18.5 Å². The maximum Gasteiger partial charge on any atom is 0.276 e. The van der Waals surface area contributed by atoms with Crippen LogP contribution < -0.4 is 5.73 Å². The smallest absolute Gasteiger partial charge is 0.276 e. The molecule has 3 heterocycles. The Morgan fingerprint density at radius 3 is 3.14 bits per heavy atom. The quantitative estimate of drug-likeness (QED) is 0.936. The standard InChI is InChI=1S/C16H20N4O2/c1-11-4-6-20(13(7-11)9-17)16(21)14-8-15(22-19-14)12-3-2-5-18-10-12/h2-3,5,8,10-11,13H,4,6-7,9,17H2,1H3. The van der Waals surface area contributed by atoms with Gasteiger partial charge in [0.1, 0.15) is 0 Å². The lowest BCUT2D eigenvalue weighted by molar-refractivity contribution is 0.0563. The van der Waals surface area contributed by atoms with E-state index in [0.717, 1.165) is 24.9 Å². The Kier molecular flexibility index (Phi) is 4.20. The molecule has 0 radical (unpaired) electrons. The fourth-order valence-electron chi connectivity index (χ4n) is 2.91. The average Bonchev–Trinajstić information content (AvgIpc) is 3.05. The first-order valence-corrected chi connectivity index (χ1v) is 7.57. The van der Waals surface area contributed by atoms with E-state index in [1.807, 2.05) is 17.0 Å². The molecule has 2 aromatic heterocycles. The Labute approximate surface area is 129 Å². The number of piperidine rings is 1. The van der Waals surface area contributed by atoms with Gasteiger partial charge in [0, 0.05) is 43.2 Å². The van der Waals surface area contributed by atoms with E-state index >= 15 is 0 Å². The number of nitrogens with two attached hydrogens (primary N) is 1. The minimum absolute atomic E-state index is 0.0785. The van der Waals surface area contributed by atoms with Gasteiger partial charge >= 0.3 is 0 Å². The van der Waals surface area contributed by atoms with Gasteiger partial charge in [-0.3, -0.25) is 9.78 Å². The lowest BCUT2D eigenvalue weighted by Crippen LogP contribution is -2.49. The van der Waals surface area contributed by atoms with Crippen molar-refractivity contribution in [2.75, 3.05) is 13.1 Å². The van der Waals surface area contributed by atoms with Crippen LogP contribution in [0.3, 0.4) is 0 Å². The number of hydrogen-bond donors (Lipinski definition) is 1.